The van der Waals surface area contributed by atoms with Gasteiger partial charge in [0.2, 0.25) is 0 Å². The van der Waals surface area contributed by atoms with Gasteiger partial charge in [0.1, 0.15) is 0 Å². The molecule has 2 rings (SSSR count). The minimum absolute atomic E-state index is 0.941. The van der Waals surface area contributed by atoms with Crippen LogP contribution in [-0.2, 0) is 0 Å². The summed E-state index contributed by atoms with van der Waals surface area (Å²) < 4.78 is 0. The van der Waals surface area contributed by atoms with E-state index in [1.54, 1.807) is 0 Å². The number of allylic oxidation sites excluding steroid dienone is 1. The van der Waals surface area contributed by atoms with Gasteiger partial charge in [-0.2, -0.15) is 0 Å². The van der Waals surface area contributed by atoms with Crippen LogP contribution < -0.4 is 0 Å². The first-order valence-electron chi connectivity index (χ1n) is 5.61. The summed E-state index contributed by atoms with van der Waals surface area (Å²) in [6.07, 6.45) is 0. The summed E-state index contributed by atoms with van der Waals surface area (Å²) in [5, 5.41) is 0. The molecule has 0 spiro atoms. The van der Waals surface area contributed by atoms with Crippen LogP contribution in [0.4, 0.5) is 0 Å². The Morgan fingerprint density at radius 3 is 1.76 bits per heavy atom. The normalized spacial score (nSPS) is 11.8. The van der Waals surface area contributed by atoms with E-state index in [0.717, 1.165) is 16.8 Å². The Kier molecular flexibility index (Phi) is 3.51. The second-order valence-corrected chi connectivity index (χ2v) is 3.86. The van der Waals surface area contributed by atoms with Gasteiger partial charge in [0, 0.05) is 5.56 Å². The second-order valence-electron chi connectivity index (χ2n) is 3.86. The van der Waals surface area contributed by atoms with Crippen molar-refractivity contribution in [3.8, 4) is 0 Å². The van der Waals surface area contributed by atoms with Crippen molar-refractivity contribution >= 4 is 18.0 Å². The maximum atomic E-state index is 4.16. The lowest BCUT2D eigenvalue weighted by Gasteiger charge is -2.08. The predicted molar refractivity (Wildman–Crippen MR) is 74.9 cm³/mol. The molecule has 0 aliphatic carbocycles. The Balaban J connectivity index is 2.52. The quantitative estimate of drug-likeness (QED) is 0.542. The summed E-state index contributed by atoms with van der Waals surface area (Å²) in [6.45, 7) is 5.75. The third-order valence-electron chi connectivity index (χ3n) is 2.77. The molecule has 0 atom stereocenters. The molecule has 2 aromatic carbocycles. The maximum absolute atomic E-state index is 4.16. The second kappa shape index (κ2) is 5.26. The van der Waals surface area contributed by atoms with Gasteiger partial charge in [0.05, 0.1) is 5.70 Å². The fourth-order valence-corrected chi connectivity index (χ4v) is 1.85. The molecule has 2 aromatic rings. The molecule has 0 aromatic heterocycles. The van der Waals surface area contributed by atoms with Crippen molar-refractivity contribution in [2.75, 3.05) is 0 Å². The van der Waals surface area contributed by atoms with E-state index in [9.17, 15) is 0 Å². The zero-order valence-corrected chi connectivity index (χ0v) is 9.93. The van der Waals surface area contributed by atoms with Crippen LogP contribution >= 0.6 is 0 Å². The largest absolute Gasteiger partial charge is 0.264 e. The van der Waals surface area contributed by atoms with Crippen molar-refractivity contribution in [1.82, 2.24) is 0 Å². The van der Waals surface area contributed by atoms with Gasteiger partial charge in [0.15, 0.2) is 0 Å². The first-order valence-corrected chi connectivity index (χ1v) is 5.61. The lowest BCUT2D eigenvalue weighted by Crippen LogP contribution is -1.86. The molecule has 0 heterocycles. The highest BCUT2D eigenvalue weighted by molar-refractivity contribution is 5.90. The molecule has 1 nitrogen and oxygen atoms in total. The van der Waals surface area contributed by atoms with Crippen LogP contribution in [0.5, 0.6) is 0 Å². The molecule has 0 fully saturated rings. The average molecular weight is 221 g/mol. The molecular weight excluding hydrogens is 206 g/mol. The first kappa shape index (κ1) is 11.3. The molecule has 0 bridgehead atoms. The van der Waals surface area contributed by atoms with Gasteiger partial charge in [-0.15, -0.1) is 0 Å². The van der Waals surface area contributed by atoms with Crippen LogP contribution in [-0.4, -0.2) is 6.72 Å². The first-order chi connectivity index (χ1) is 8.33. The van der Waals surface area contributed by atoms with Gasteiger partial charge in [-0.25, -0.2) is 0 Å². The van der Waals surface area contributed by atoms with E-state index in [1.807, 2.05) is 36.4 Å². The smallest absolute Gasteiger partial charge is 0.0729 e. The topological polar surface area (TPSA) is 12.4 Å². The number of rotatable bonds is 3. The molecular formula is C16H15N. The SMILES string of the molecule is C=NC(=C(C)c1ccccc1)c1ccccc1. The van der Waals surface area contributed by atoms with Crippen molar-refractivity contribution in [1.29, 1.82) is 0 Å². The van der Waals surface area contributed by atoms with E-state index >= 15 is 0 Å². The van der Waals surface area contributed by atoms with Crippen molar-refractivity contribution in [3.63, 3.8) is 0 Å². The van der Waals surface area contributed by atoms with Crippen LogP contribution in [0.25, 0.3) is 11.3 Å². The molecule has 0 N–H and O–H groups in total. The van der Waals surface area contributed by atoms with Gasteiger partial charge in [-0.05, 0) is 24.8 Å². The van der Waals surface area contributed by atoms with Crippen LogP contribution in [0, 0.1) is 0 Å². The molecule has 17 heavy (non-hydrogen) atoms. The highest BCUT2D eigenvalue weighted by Gasteiger charge is 2.04. The van der Waals surface area contributed by atoms with E-state index in [2.05, 4.69) is 42.9 Å². The Morgan fingerprint density at radius 2 is 1.29 bits per heavy atom. The molecule has 0 saturated carbocycles. The standard InChI is InChI=1S/C16H15N/c1-13(14-9-5-3-6-10-14)16(17-2)15-11-7-4-8-12-15/h3-12H,2H2,1H3. The molecule has 0 aliphatic rings. The van der Waals surface area contributed by atoms with Crippen molar-refractivity contribution < 1.29 is 0 Å². The van der Waals surface area contributed by atoms with E-state index in [4.69, 9.17) is 0 Å². The summed E-state index contributed by atoms with van der Waals surface area (Å²) in [5.74, 6) is 0. The van der Waals surface area contributed by atoms with Crippen molar-refractivity contribution in [2.24, 2.45) is 4.99 Å². The molecule has 0 unspecified atom stereocenters. The minimum Gasteiger partial charge on any atom is -0.264 e. The molecule has 1 heteroatoms. The van der Waals surface area contributed by atoms with Crippen molar-refractivity contribution in [2.45, 2.75) is 6.92 Å². The Bertz CT molecular complexity index is 524. The highest BCUT2D eigenvalue weighted by atomic mass is 14.7. The van der Waals surface area contributed by atoms with Gasteiger partial charge in [-0.1, -0.05) is 60.7 Å². The van der Waals surface area contributed by atoms with Crippen molar-refractivity contribution in [3.05, 3.63) is 71.8 Å². The Labute approximate surface area is 102 Å². The molecule has 84 valence electrons. The number of nitrogens with zero attached hydrogens (tertiary/aromatic N) is 1. The summed E-state index contributed by atoms with van der Waals surface area (Å²) >= 11 is 0. The minimum atomic E-state index is 0.941. The predicted octanol–water partition coefficient (Wildman–Crippen LogP) is 4.28. The van der Waals surface area contributed by atoms with Gasteiger partial charge in [-0.3, -0.25) is 4.99 Å². The van der Waals surface area contributed by atoms with Gasteiger partial charge < -0.3 is 0 Å². The molecule has 0 amide bonds. The zero-order chi connectivity index (χ0) is 12.1. The number of benzene rings is 2. The summed E-state index contributed by atoms with van der Waals surface area (Å²) in [6, 6.07) is 20.4. The lowest BCUT2D eigenvalue weighted by molar-refractivity contribution is 1.48. The Hall–Kier alpha value is -2.15. The lowest BCUT2D eigenvalue weighted by atomic mass is 10.0. The fourth-order valence-electron chi connectivity index (χ4n) is 1.85. The van der Waals surface area contributed by atoms with Crippen LogP contribution in [0.2, 0.25) is 0 Å². The molecule has 0 aliphatic heterocycles. The van der Waals surface area contributed by atoms with Crippen LogP contribution in [0.15, 0.2) is 65.7 Å². The average Bonchev–Trinajstić information content (AvgIpc) is 2.42. The van der Waals surface area contributed by atoms with E-state index in [1.165, 1.54) is 5.56 Å². The third kappa shape index (κ3) is 2.51. The summed E-state index contributed by atoms with van der Waals surface area (Å²) in [7, 11) is 0. The fraction of sp³-hybridized carbons (Fsp3) is 0.0625. The maximum Gasteiger partial charge on any atom is 0.0729 e. The Morgan fingerprint density at radius 1 is 0.824 bits per heavy atom. The van der Waals surface area contributed by atoms with E-state index < -0.39 is 0 Å². The van der Waals surface area contributed by atoms with E-state index in [0.29, 0.717) is 0 Å². The number of hydrogen-bond acceptors (Lipinski definition) is 1. The monoisotopic (exact) mass is 221 g/mol. The van der Waals surface area contributed by atoms with E-state index in [-0.39, 0.29) is 0 Å². The van der Waals surface area contributed by atoms with Crippen LogP contribution in [0.3, 0.4) is 0 Å². The molecule has 0 radical (unpaired) electrons. The van der Waals surface area contributed by atoms with Gasteiger partial charge in [0.25, 0.3) is 0 Å². The summed E-state index contributed by atoms with van der Waals surface area (Å²) in [4.78, 5) is 4.16. The highest BCUT2D eigenvalue weighted by Crippen LogP contribution is 2.26. The summed E-state index contributed by atoms with van der Waals surface area (Å²) in [5.41, 5.74) is 4.37. The molecule has 0 saturated heterocycles. The zero-order valence-electron chi connectivity index (χ0n) is 9.93. The van der Waals surface area contributed by atoms with Gasteiger partial charge >= 0.3 is 0 Å². The number of aliphatic imine (C=N–C) groups is 1. The van der Waals surface area contributed by atoms with Crippen LogP contribution in [0.1, 0.15) is 18.1 Å². The third-order valence-corrected chi connectivity index (χ3v) is 2.77. The number of hydrogen-bond donors (Lipinski definition) is 0.